The lowest BCUT2D eigenvalue weighted by Gasteiger charge is -2.13. The minimum absolute atomic E-state index is 0.0976. The van der Waals surface area contributed by atoms with E-state index in [0.29, 0.717) is 40.8 Å². The van der Waals surface area contributed by atoms with Crippen LogP contribution in [0.15, 0.2) is 60.8 Å². The predicted octanol–water partition coefficient (Wildman–Crippen LogP) is 4.53. The smallest absolute Gasteiger partial charge is 0.246 e. The number of hydrogen-bond acceptors (Lipinski definition) is 5. The van der Waals surface area contributed by atoms with Crippen molar-refractivity contribution in [3.63, 3.8) is 0 Å². The van der Waals surface area contributed by atoms with Crippen LogP contribution in [0.5, 0.6) is 0 Å². The summed E-state index contributed by atoms with van der Waals surface area (Å²) in [5.74, 6) is 0.440. The van der Waals surface area contributed by atoms with Crippen LogP contribution in [0.3, 0.4) is 0 Å². The van der Waals surface area contributed by atoms with Gasteiger partial charge in [0.15, 0.2) is 5.65 Å². The number of aromatic nitrogens is 3. The number of rotatable bonds is 6. The minimum Gasteiger partial charge on any atom is -0.366 e. The summed E-state index contributed by atoms with van der Waals surface area (Å²) in [5.41, 5.74) is 3.87. The Morgan fingerprint density at radius 3 is 2.68 bits per heavy atom. The Kier molecular flexibility index (Phi) is 6.08. The van der Waals surface area contributed by atoms with Crippen molar-refractivity contribution < 1.29 is 9.59 Å². The van der Waals surface area contributed by atoms with Gasteiger partial charge in [-0.05, 0) is 36.2 Å². The van der Waals surface area contributed by atoms with E-state index in [2.05, 4.69) is 21.0 Å². The van der Waals surface area contributed by atoms with Gasteiger partial charge < -0.3 is 16.0 Å². The molecule has 0 aliphatic carbocycles. The van der Waals surface area contributed by atoms with Crippen molar-refractivity contribution in [3.8, 4) is 11.3 Å². The van der Waals surface area contributed by atoms with Gasteiger partial charge >= 0.3 is 0 Å². The summed E-state index contributed by atoms with van der Waals surface area (Å²) in [4.78, 5) is 28.4. The highest BCUT2D eigenvalue weighted by Gasteiger charge is 2.27. The maximum Gasteiger partial charge on any atom is 0.246 e. The molecule has 0 radical (unpaired) electrons. The van der Waals surface area contributed by atoms with Crippen LogP contribution in [0.4, 0.5) is 11.5 Å². The van der Waals surface area contributed by atoms with Crippen molar-refractivity contribution in [1.29, 1.82) is 0 Å². The summed E-state index contributed by atoms with van der Waals surface area (Å²) in [7, 11) is 0. The third-order valence-electron chi connectivity index (χ3n) is 5.59. The quantitative estimate of drug-likeness (QED) is 0.365. The van der Waals surface area contributed by atoms with E-state index < -0.39 is 6.04 Å². The number of nitrogens with one attached hydrogen (secondary N) is 3. The molecule has 3 N–H and O–H groups in total. The lowest BCUT2D eigenvalue weighted by atomic mass is 10.1. The number of carbonyl (C=O) groups excluding carboxylic acids is 2. The molecular formula is C24H20Cl2N6O2. The van der Waals surface area contributed by atoms with Crippen LogP contribution in [0, 0.1) is 0 Å². The number of anilines is 2. The Hall–Kier alpha value is -3.62. The zero-order valence-electron chi connectivity index (χ0n) is 17.9. The topological polar surface area (TPSA) is 100 Å². The maximum atomic E-state index is 12.3. The highest BCUT2D eigenvalue weighted by atomic mass is 35.5. The fourth-order valence-corrected chi connectivity index (χ4v) is 4.28. The van der Waals surface area contributed by atoms with Crippen LogP contribution >= 0.6 is 23.2 Å². The van der Waals surface area contributed by atoms with Crippen LogP contribution in [-0.2, 0) is 16.1 Å². The molecule has 34 heavy (non-hydrogen) atoms. The first-order valence-electron chi connectivity index (χ1n) is 10.7. The van der Waals surface area contributed by atoms with E-state index in [9.17, 15) is 9.59 Å². The van der Waals surface area contributed by atoms with Crippen LogP contribution in [-0.4, -0.2) is 32.5 Å². The van der Waals surface area contributed by atoms with Crippen molar-refractivity contribution >= 4 is 52.2 Å². The molecule has 10 heteroatoms. The number of amides is 2. The first-order valence-corrected chi connectivity index (χ1v) is 11.4. The zero-order chi connectivity index (χ0) is 23.7. The summed E-state index contributed by atoms with van der Waals surface area (Å²) >= 11 is 12.3. The summed E-state index contributed by atoms with van der Waals surface area (Å²) in [6.07, 6.45) is 2.57. The molecule has 0 saturated carbocycles. The molecule has 1 atom stereocenters. The molecule has 4 aromatic rings. The number of fused-ring (bicyclic) bond motifs is 1. The second-order valence-electron chi connectivity index (χ2n) is 7.94. The van der Waals surface area contributed by atoms with E-state index in [-0.39, 0.29) is 11.8 Å². The molecule has 0 spiro atoms. The molecular weight excluding hydrogens is 475 g/mol. The third-order valence-corrected chi connectivity index (χ3v) is 6.18. The molecule has 172 valence electrons. The van der Waals surface area contributed by atoms with Gasteiger partial charge in [-0.15, -0.1) is 0 Å². The van der Waals surface area contributed by atoms with E-state index in [0.717, 1.165) is 22.6 Å². The number of carbonyl (C=O) groups is 2. The van der Waals surface area contributed by atoms with E-state index in [4.69, 9.17) is 28.2 Å². The molecule has 1 saturated heterocycles. The maximum absolute atomic E-state index is 12.3. The Morgan fingerprint density at radius 2 is 1.94 bits per heavy atom. The van der Waals surface area contributed by atoms with Gasteiger partial charge in [0.25, 0.3) is 0 Å². The molecule has 1 aliphatic rings. The Morgan fingerprint density at radius 1 is 1.12 bits per heavy atom. The van der Waals surface area contributed by atoms with Gasteiger partial charge in [0.2, 0.25) is 11.8 Å². The van der Waals surface area contributed by atoms with Crippen molar-refractivity contribution in [2.45, 2.75) is 25.4 Å². The summed E-state index contributed by atoms with van der Waals surface area (Å²) in [6.45, 7) is 0.483. The molecule has 1 aliphatic heterocycles. The largest absolute Gasteiger partial charge is 0.366 e. The third kappa shape index (κ3) is 4.69. The molecule has 8 nitrogen and oxygen atoms in total. The zero-order valence-corrected chi connectivity index (χ0v) is 19.4. The van der Waals surface area contributed by atoms with Gasteiger partial charge in [0, 0.05) is 46.4 Å². The normalized spacial score (nSPS) is 15.4. The van der Waals surface area contributed by atoms with E-state index in [1.54, 1.807) is 22.8 Å². The molecule has 0 unspecified atom stereocenters. The highest BCUT2D eigenvalue weighted by molar-refractivity contribution is 6.35. The lowest BCUT2D eigenvalue weighted by molar-refractivity contribution is -0.122. The Bertz CT molecular complexity index is 1390. The first kappa shape index (κ1) is 22.2. The Balaban J connectivity index is 1.35. The second kappa shape index (κ2) is 9.32. The molecule has 5 rings (SSSR count). The molecule has 2 amide bonds. The van der Waals surface area contributed by atoms with Crippen molar-refractivity contribution in [2.24, 2.45) is 0 Å². The summed E-state index contributed by atoms with van der Waals surface area (Å²) in [5, 5.41) is 14.4. The fraction of sp³-hybridized carbons (Fsp3) is 0.167. The van der Waals surface area contributed by atoms with Crippen molar-refractivity contribution in [1.82, 2.24) is 19.9 Å². The Labute approximate surface area is 205 Å². The SMILES string of the molecule is O=C1CC[C@H](C(=O)Nc2ccc(-c3cc(NCc4ccc(Cl)cc4Cl)n4nccc4n3)cc2)N1. The molecule has 2 aromatic heterocycles. The van der Waals surface area contributed by atoms with E-state index in [1.807, 2.05) is 42.5 Å². The molecule has 0 bridgehead atoms. The van der Waals surface area contributed by atoms with Crippen LogP contribution in [0.2, 0.25) is 10.0 Å². The van der Waals surface area contributed by atoms with E-state index >= 15 is 0 Å². The fourth-order valence-electron chi connectivity index (χ4n) is 3.80. The van der Waals surface area contributed by atoms with Gasteiger partial charge in [0.05, 0.1) is 11.9 Å². The predicted molar refractivity (Wildman–Crippen MR) is 132 cm³/mol. The lowest BCUT2D eigenvalue weighted by Crippen LogP contribution is -2.37. The highest BCUT2D eigenvalue weighted by Crippen LogP contribution is 2.26. The standard InChI is InChI=1S/C24H20Cl2N6O2/c25-16-4-1-15(18(26)11-16)13-27-22-12-20(30-21-9-10-28-32(21)22)14-2-5-17(6-3-14)29-24(34)19-7-8-23(33)31-19/h1-6,9-12,19,27H,7-8,13H2,(H,29,34)(H,31,33)/t19-/m1/s1. The molecule has 1 fully saturated rings. The molecule has 3 heterocycles. The number of halogens is 2. The minimum atomic E-state index is -0.485. The van der Waals surface area contributed by atoms with Crippen LogP contribution < -0.4 is 16.0 Å². The summed E-state index contributed by atoms with van der Waals surface area (Å²) < 4.78 is 1.72. The van der Waals surface area contributed by atoms with Gasteiger partial charge in [0.1, 0.15) is 11.9 Å². The van der Waals surface area contributed by atoms with Crippen LogP contribution in [0.25, 0.3) is 16.9 Å². The first-order chi connectivity index (χ1) is 16.5. The van der Waals surface area contributed by atoms with Gasteiger partial charge in [-0.1, -0.05) is 41.4 Å². The average Bonchev–Trinajstić information content (AvgIpc) is 3.48. The van der Waals surface area contributed by atoms with Crippen molar-refractivity contribution in [3.05, 3.63) is 76.4 Å². The van der Waals surface area contributed by atoms with Gasteiger partial charge in [-0.2, -0.15) is 9.61 Å². The average molecular weight is 495 g/mol. The monoisotopic (exact) mass is 494 g/mol. The number of hydrogen-bond donors (Lipinski definition) is 3. The van der Waals surface area contributed by atoms with E-state index in [1.165, 1.54) is 0 Å². The van der Waals surface area contributed by atoms with Crippen molar-refractivity contribution in [2.75, 3.05) is 10.6 Å². The second-order valence-corrected chi connectivity index (χ2v) is 8.79. The van der Waals surface area contributed by atoms with Gasteiger partial charge in [-0.3, -0.25) is 9.59 Å². The van der Waals surface area contributed by atoms with Crippen LogP contribution in [0.1, 0.15) is 18.4 Å². The van der Waals surface area contributed by atoms with Gasteiger partial charge in [-0.25, -0.2) is 4.98 Å². The summed E-state index contributed by atoms with van der Waals surface area (Å²) in [6, 6.07) is 16.0. The number of benzene rings is 2. The number of nitrogens with zero attached hydrogens (tertiary/aromatic N) is 3. The molecule has 2 aromatic carbocycles.